The van der Waals surface area contributed by atoms with E-state index in [9.17, 15) is 4.79 Å². The SMILES string of the molecule is CC(=O)C1OO[SiH2]O1. The molecule has 0 N–H and O–H groups in total. The fourth-order valence-electron chi connectivity index (χ4n) is 0.392. The summed E-state index contributed by atoms with van der Waals surface area (Å²) in [6, 6.07) is 0. The van der Waals surface area contributed by atoms with Gasteiger partial charge in [-0.1, -0.05) is 0 Å². The summed E-state index contributed by atoms with van der Waals surface area (Å²) in [7, 11) is -0.990. The van der Waals surface area contributed by atoms with Crippen molar-refractivity contribution in [3.05, 3.63) is 0 Å². The average molecular weight is 134 g/mol. The molecule has 5 heteroatoms. The third kappa shape index (κ3) is 1.13. The second-order valence-electron chi connectivity index (χ2n) is 1.44. The van der Waals surface area contributed by atoms with Crippen LogP contribution in [0.1, 0.15) is 6.92 Å². The Morgan fingerprint density at radius 2 is 2.50 bits per heavy atom. The van der Waals surface area contributed by atoms with E-state index in [4.69, 9.17) is 4.43 Å². The Labute approximate surface area is 48.7 Å². The van der Waals surface area contributed by atoms with Gasteiger partial charge in [-0.05, 0) is 6.92 Å². The molecule has 0 bridgehead atoms. The summed E-state index contributed by atoms with van der Waals surface area (Å²) in [5, 5.41) is 0. The number of hydrogen-bond acceptors (Lipinski definition) is 4. The minimum absolute atomic E-state index is 0.144. The number of ketones is 1. The zero-order chi connectivity index (χ0) is 5.98. The average Bonchev–Trinajstić information content (AvgIpc) is 2.12. The quantitative estimate of drug-likeness (QED) is 0.336. The first-order valence-corrected chi connectivity index (χ1v) is 3.36. The van der Waals surface area contributed by atoms with Crippen molar-refractivity contribution in [2.24, 2.45) is 0 Å². The van der Waals surface area contributed by atoms with Gasteiger partial charge in [0, 0.05) is 0 Å². The number of hydrogen-bond donors (Lipinski definition) is 0. The molecular formula is C3H6O4Si. The summed E-state index contributed by atoms with van der Waals surface area (Å²) in [5.74, 6) is -0.144. The van der Waals surface area contributed by atoms with E-state index in [2.05, 4.69) is 9.46 Å². The van der Waals surface area contributed by atoms with E-state index < -0.39 is 16.3 Å². The van der Waals surface area contributed by atoms with Gasteiger partial charge >= 0.3 is 10.0 Å². The lowest BCUT2D eigenvalue weighted by atomic mass is 10.4. The molecule has 8 heavy (non-hydrogen) atoms. The van der Waals surface area contributed by atoms with Crippen LogP contribution < -0.4 is 0 Å². The van der Waals surface area contributed by atoms with Gasteiger partial charge in [0.05, 0.1) is 0 Å². The summed E-state index contributed by atoms with van der Waals surface area (Å²) < 4.78 is 9.17. The highest BCUT2D eigenvalue weighted by molar-refractivity contribution is 6.19. The Kier molecular flexibility index (Phi) is 1.74. The predicted octanol–water partition coefficient (Wildman–Crippen LogP) is -1.12. The molecule has 46 valence electrons. The van der Waals surface area contributed by atoms with Gasteiger partial charge in [0.15, 0.2) is 5.78 Å². The van der Waals surface area contributed by atoms with Crippen molar-refractivity contribution >= 4 is 15.8 Å². The summed E-state index contributed by atoms with van der Waals surface area (Å²) >= 11 is 0. The maximum atomic E-state index is 10.3. The second-order valence-corrected chi connectivity index (χ2v) is 2.25. The molecule has 0 spiro atoms. The van der Waals surface area contributed by atoms with Crippen LogP contribution in [0.25, 0.3) is 0 Å². The molecule has 0 aromatic heterocycles. The molecule has 1 heterocycles. The van der Waals surface area contributed by atoms with Crippen LogP contribution in [-0.4, -0.2) is 22.1 Å². The van der Waals surface area contributed by atoms with Gasteiger partial charge in [0.2, 0.25) is 6.29 Å². The highest BCUT2D eigenvalue weighted by Crippen LogP contribution is 2.02. The summed E-state index contributed by atoms with van der Waals surface area (Å²) in [6.45, 7) is 1.40. The highest BCUT2D eigenvalue weighted by Gasteiger charge is 2.21. The lowest BCUT2D eigenvalue weighted by Gasteiger charge is -1.97. The zero-order valence-corrected chi connectivity index (χ0v) is 5.83. The Morgan fingerprint density at radius 3 is 2.75 bits per heavy atom. The lowest BCUT2D eigenvalue weighted by Crippen LogP contribution is -2.17. The zero-order valence-electron chi connectivity index (χ0n) is 4.42. The molecule has 1 rings (SSSR count). The first-order valence-electron chi connectivity index (χ1n) is 2.21. The molecule has 0 aromatic rings. The topological polar surface area (TPSA) is 44.8 Å². The van der Waals surface area contributed by atoms with Crippen molar-refractivity contribution < 1.29 is 18.7 Å². The van der Waals surface area contributed by atoms with Gasteiger partial charge in [0.25, 0.3) is 0 Å². The minimum Gasteiger partial charge on any atom is -0.362 e. The summed E-state index contributed by atoms with van der Waals surface area (Å²) in [6.07, 6.45) is -0.735. The van der Waals surface area contributed by atoms with Crippen molar-refractivity contribution in [3.63, 3.8) is 0 Å². The van der Waals surface area contributed by atoms with Crippen LogP contribution in [0.5, 0.6) is 0 Å². The predicted molar refractivity (Wildman–Crippen MR) is 26.3 cm³/mol. The van der Waals surface area contributed by atoms with Gasteiger partial charge < -0.3 is 4.43 Å². The third-order valence-electron chi connectivity index (χ3n) is 0.755. The summed E-state index contributed by atoms with van der Waals surface area (Å²) in [5.41, 5.74) is 0. The molecule has 0 radical (unpaired) electrons. The molecule has 1 atom stereocenters. The Bertz CT molecular complexity index is 97.5. The molecule has 0 amide bonds. The van der Waals surface area contributed by atoms with E-state index in [0.29, 0.717) is 0 Å². The van der Waals surface area contributed by atoms with Crippen LogP contribution in [-0.2, 0) is 18.7 Å². The van der Waals surface area contributed by atoms with Crippen molar-refractivity contribution in [1.29, 1.82) is 0 Å². The van der Waals surface area contributed by atoms with Gasteiger partial charge in [-0.15, -0.1) is 0 Å². The van der Waals surface area contributed by atoms with Crippen molar-refractivity contribution in [2.45, 2.75) is 13.2 Å². The van der Waals surface area contributed by atoms with Crippen molar-refractivity contribution in [3.8, 4) is 0 Å². The number of carbonyl (C=O) groups excluding carboxylic acids is 1. The largest absolute Gasteiger partial charge is 0.362 e. The van der Waals surface area contributed by atoms with Crippen LogP contribution in [0.3, 0.4) is 0 Å². The molecule has 0 aliphatic carbocycles. The third-order valence-corrected chi connectivity index (χ3v) is 1.43. The van der Waals surface area contributed by atoms with Crippen LogP contribution in [0.15, 0.2) is 0 Å². The van der Waals surface area contributed by atoms with E-state index in [1.54, 1.807) is 0 Å². The van der Waals surface area contributed by atoms with Crippen molar-refractivity contribution in [1.82, 2.24) is 0 Å². The standard InChI is InChI=1S/C3H6O4Si/c1-2(4)3-5-7-8-6-3/h3H,8H2,1H3. The molecule has 1 aliphatic rings. The molecule has 1 fully saturated rings. The first kappa shape index (κ1) is 5.90. The monoisotopic (exact) mass is 134 g/mol. The lowest BCUT2D eigenvalue weighted by molar-refractivity contribution is -0.238. The van der Waals surface area contributed by atoms with Gasteiger partial charge in [-0.25, -0.2) is 4.89 Å². The molecule has 1 unspecified atom stereocenters. The van der Waals surface area contributed by atoms with Gasteiger partial charge in [0.1, 0.15) is 0 Å². The number of Topliss-reactive ketones (excluding diaryl/α,β-unsaturated/α-hetero) is 1. The molecule has 0 saturated carbocycles. The maximum absolute atomic E-state index is 10.3. The molecule has 4 nitrogen and oxygen atoms in total. The van der Waals surface area contributed by atoms with Crippen LogP contribution in [0.2, 0.25) is 0 Å². The Morgan fingerprint density at radius 1 is 1.75 bits per heavy atom. The van der Waals surface area contributed by atoms with E-state index in [-0.39, 0.29) is 5.78 Å². The molecule has 1 saturated heterocycles. The van der Waals surface area contributed by atoms with E-state index >= 15 is 0 Å². The fourth-order valence-corrected chi connectivity index (χ4v) is 1.04. The Hall–Kier alpha value is -0.233. The smallest absolute Gasteiger partial charge is 0.347 e. The fraction of sp³-hybridized carbons (Fsp3) is 0.667. The van der Waals surface area contributed by atoms with E-state index in [0.717, 1.165) is 0 Å². The molecule has 0 aromatic carbocycles. The minimum atomic E-state index is -0.990. The van der Waals surface area contributed by atoms with E-state index in [1.165, 1.54) is 6.92 Å². The first-order chi connectivity index (χ1) is 3.80. The normalized spacial score (nSPS) is 31.4. The van der Waals surface area contributed by atoms with E-state index in [1.807, 2.05) is 0 Å². The second kappa shape index (κ2) is 2.36. The Balaban J connectivity index is 2.35. The van der Waals surface area contributed by atoms with Crippen LogP contribution >= 0.6 is 0 Å². The van der Waals surface area contributed by atoms with Gasteiger partial charge in [-0.2, -0.15) is 0 Å². The van der Waals surface area contributed by atoms with Gasteiger partial charge in [-0.3, -0.25) is 9.37 Å². The van der Waals surface area contributed by atoms with Crippen molar-refractivity contribution in [2.75, 3.05) is 0 Å². The number of carbonyl (C=O) groups is 1. The molecule has 1 aliphatic heterocycles. The highest BCUT2D eigenvalue weighted by atomic mass is 28.3. The maximum Gasteiger partial charge on any atom is 0.347 e. The molecular weight excluding hydrogens is 128 g/mol. The van der Waals surface area contributed by atoms with Crippen LogP contribution in [0, 0.1) is 0 Å². The number of rotatable bonds is 1. The van der Waals surface area contributed by atoms with Crippen LogP contribution in [0.4, 0.5) is 0 Å². The summed E-state index contributed by atoms with van der Waals surface area (Å²) in [4.78, 5) is 14.7.